The zero-order valence-electron chi connectivity index (χ0n) is 11.0. The number of aliphatic hydroxyl groups is 1. The van der Waals surface area contributed by atoms with E-state index in [9.17, 15) is 9.50 Å². The fourth-order valence-corrected chi connectivity index (χ4v) is 3.05. The minimum absolute atomic E-state index is 0.0259. The van der Waals surface area contributed by atoms with Gasteiger partial charge in [-0.3, -0.25) is 0 Å². The monoisotopic (exact) mass is 285 g/mol. The Balaban J connectivity index is 2.06. The second-order valence-electron chi connectivity index (χ2n) is 5.26. The molecule has 1 fully saturated rings. The van der Waals surface area contributed by atoms with Gasteiger partial charge in [-0.15, -0.1) is 0 Å². The standard InChI is InChI=1S/C15H21ClFNO/c16-14-9-11(17)7-8-13(14)15(10-19)18-12-5-3-1-2-4-6-12/h7-9,12,15,18-19H,1-6,10H2. The van der Waals surface area contributed by atoms with E-state index in [2.05, 4.69) is 5.32 Å². The average Bonchev–Trinajstić information content (AvgIpc) is 2.65. The van der Waals surface area contributed by atoms with Crippen LogP contribution in [0.15, 0.2) is 18.2 Å². The van der Waals surface area contributed by atoms with Gasteiger partial charge in [-0.1, -0.05) is 43.4 Å². The zero-order chi connectivity index (χ0) is 13.7. The lowest BCUT2D eigenvalue weighted by molar-refractivity contribution is 0.228. The molecular formula is C15H21ClFNO. The second kappa shape index (κ2) is 7.22. The van der Waals surface area contributed by atoms with E-state index >= 15 is 0 Å². The third kappa shape index (κ3) is 4.16. The predicted molar refractivity (Wildman–Crippen MR) is 75.9 cm³/mol. The molecule has 4 heteroatoms. The summed E-state index contributed by atoms with van der Waals surface area (Å²) in [6.45, 7) is -0.0259. The van der Waals surface area contributed by atoms with Gasteiger partial charge >= 0.3 is 0 Å². The van der Waals surface area contributed by atoms with Crippen LogP contribution in [-0.2, 0) is 0 Å². The molecule has 0 aliphatic heterocycles. The molecule has 0 amide bonds. The van der Waals surface area contributed by atoms with Gasteiger partial charge in [0.1, 0.15) is 5.82 Å². The van der Waals surface area contributed by atoms with Crippen molar-refractivity contribution >= 4 is 11.6 Å². The summed E-state index contributed by atoms with van der Waals surface area (Å²) in [5.41, 5.74) is 0.773. The summed E-state index contributed by atoms with van der Waals surface area (Å²) in [6, 6.07) is 4.55. The lowest BCUT2D eigenvalue weighted by Gasteiger charge is -2.24. The first-order chi connectivity index (χ1) is 9.20. The Bertz CT molecular complexity index is 405. The number of nitrogens with one attached hydrogen (secondary N) is 1. The molecule has 1 atom stereocenters. The van der Waals surface area contributed by atoms with Crippen LogP contribution in [0.25, 0.3) is 0 Å². The molecule has 2 rings (SSSR count). The second-order valence-corrected chi connectivity index (χ2v) is 5.66. The van der Waals surface area contributed by atoms with Crippen LogP contribution in [-0.4, -0.2) is 17.8 Å². The van der Waals surface area contributed by atoms with Crippen molar-refractivity contribution in [2.75, 3.05) is 6.61 Å². The van der Waals surface area contributed by atoms with E-state index in [0.717, 1.165) is 18.4 Å². The number of hydrogen-bond donors (Lipinski definition) is 2. The molecular weight excluding hydrogens is 265 g/mol. The van der Waals surface area contributed by atoms with E-state index in [-0.39, 0.29) is 18.5 Å². The molecule has 106 valence electrons. The molecule has 1 saturated carbocycles. The summed E-state index contributed by atoms with van der Waals surface area (Å²) in [6.07, 6.45) is 7.31. The Morgan fingerprint density at radius 3 is 2.53 bits per heavy atom. The lowest BCUT2D eigenvalue weighted by Crippen LogP contribution is -2.34. The summed E-state index contributed by atoms with van der Waals surface area (Å²) >= 11 is 6.06. The van der Waals surface area contributed by atoms with Gasteiger partial charge in [0, 0.05) is 11.1 Å². The van der Waals surface area contributed by atoms with Crippen LogP contribution in [0.1, 0.15) is 50.1 Å². The van der Waals surface area contributed by atoms with Crippen molar-refractivity contribution < 1.29 is 9.50 Å². The molecule has 2 N–H and O–H groups in total. The number of benzene rings is 1. The average molecular weight is 286 g/mol. The van der Waals surface area contributed by atoms with Crippen molar-refractivity contribution in [1.82, 2.24) is 5.32 Å². The van der Waals surface area contributed by atoms with Crippen LogP contribution < -0.4 is 5.32 Å². The van der Waals surface area contributed by atoms with Gasteiger partial charge in [0.25, 0.3) is 0 Å². The van der Waals surface area contributed by atoms with Gasteiger partial charge in [0.05, 0.1) is 12.6 Å². The van der Waals surface area contributed by atoms with Gasteiger partial charge in [0.2, 0.25) is 0 Å². The van der Waals surface area contributed by atoms with Crippen LogP contribution in [0.4, 0.5) is 4.39 Å². The molecule has 0 aromatic heterocycles. The topological polar surface area (TPSA) is 32.3 Å². The molecule has 1 aliphatic carbocycles. The van der Waals surface area contributed by atoms with Crippen LogP contribution in [0.5, 0.6) is 0 Å². The molecule has 1 unspecified atom stereocenters. The Morgan fingerprint density at radius 1 is 1.26 bits per heavy atom. The number of aliphatic hydroxyl groups excluding tert-OH is 1. The Hall–Kier alpha value is -0.640. The summed E-state index contributed by atoms with van der Waals surface area (Å²) in [5, 5.41) is 13.4. The molecule has 0 heterocycles. The molecule has 1 aromatic rings. The highest BCUT2D eigenvalue weighted by atomic mass is 35.5. The molecule has 0 bridgehead atoms. The highest BCUT2D eigenvalue weighted by Gasteiger charge is 2.19. The maximum absolute atomic E-state index is 13.1. The Morgan fingerprint density at radius 2 is 1.95 bits per heavy atom. The highest BCUT2D eigenvalue weighted by molar-refractivity contribution is 6.31. The van der Waals surface area contributed by atoms with Crippen molar-refractivity contribution in [1.29, 1.82) is 0 Å². The van der Waals surface area contributed by atoms with Gasteiger partial charge < -0.3 is 10.4 Å². The van der Waals surface area contributed by atoms with Gasteiger partial charge in [-0.25, -0.2) is 4.39 Å². The smallest absolute Gasteiger partial charge is 0.124 e. The predicted octanol–water partition coefficient (Wildman–Crippen LogP) is 3.82. The number of hydrogen-bond acceptors (Lipinski definition) is 2. The van der Waals surface area contributed by atoms with Crippen LogP contribution >= 0.6 is 11.6 Å². The summed E-state index contributed by atoms with van der Waals surface area (Å²) in [7, 11) is 0. The van der Waals surface area contributed by atoms with Gasteiger partial charge in [-0.05, 0) is 30.5 Å². The number of rotatable bonds is 4. The summed E-state index contributed by atoms with van der Waals surface area (Å²) in [5.74, 6) is -0.347. The molecule has 1 aromatic carbocycles. The van der Waals surface area contributed by atoms with Crippen molar-refractivity contribution in [3.63, 3.8) is 0 Å². The highest BCUT2D eigenvalue weighted by Crippen LogP contribution is 2.26. The van der Waals surface area contributed by atoms with Crippen molar-refractivity contribution in [3.05, 3.63) is 34.6 Å². The van der Waals surface area contributed by atoms with E-state index in [0.29, 0.717) is 11.1 Å². The third-order valence-electron chi connectivity index (χ3n) is 3.81. The molecule has 0 saturated heterocycles. The van der Waals surface area contributed by atoms with Crippen LogP contribution in [0.2, 0.25) is 5.02 Å². The van der Waals surface area contributed by atoms with Crippen molar-refractivity contribution in [2.45, 2.75) is 50.6 Å². The lowest BCUT2D eigenvalue weighted by atomic mass is 10.0. The molecule has 0 spiro atoms. The number of halogens is 2. The van der Waals surface area contributed by atoms with E-state index < -0.39 is 0 Å². The van der Waals surface area contributed by atoms with Crippen molar-refractivity contribution in [3.8, 4) is 0 Å². The van der Waals surface area contributed by atoms with Crippen LogP contribution in [0.3, 0.4) is 0 Å². The van der Waals surface area contributed by atoms with E-state index in [1.165, 1.54) is 37.8 Å². The Kier molecular flexibility index (Phi) is 5.61. The summed E-state index contributed by atoms with van der Waals surface area (Å²) < 4.78 is 13.1. The normalized spacial score (nSPS) is 19.1. The van der Waals surface area contributed by atoms with E-state index in [1.54, 1.807) is 6.07 Å². The minimum atomic E-state index is -0.347. The van der Waals surface area contributed by atoms with E-state index in [1.807, 2.05) is 0 Å². The zero-order valence-corrected chi connectivity index (χ0v) is 11.8. The van der Waals surface area contributed by atoms with E-state index in [4.69, 9.17) is 11.6 Å². The SMILES string of the molecule is OCC(NC1CCCCCC1)c1ccc(F)cc1Cl. The molecule has 0 radical (unpaired) electrons. The van der Waals surface area contributed by atoms with Gasteiger partial charge in [0.15, 0.2) is 0 Å². The fourth-order valence-electron chi connectivity index (χ4n) is 2.76. The first-order valence-electron chi connectivity index (χ1n) is 7.02. The van der Waals surface area contributed by atoms with Crippen LogP contribution in [0, 0.1) is 5.82 Å². The molecule has 1 aliphatic rings. The first kappa shape index (κ1) is 14.8. The molecule has 19 heavy (non-hydrogen) atoms. The maximum atomic E-state index is 13.1. The fraction of sp³-hybridized carbons (Fsp3) is 0.600. The molecule has 2 nitrogen and oxygen atoms in total. The van der Waals surface area contributed by atoms with Crippen molar-refractivity contribution in [2.24, 2.45) is 0 Å². The maximum Gasteiger partial charge on any atom is 0.124 e. The minimum Gasteiger partial charge on any atom is -0.394 e. The quantitative estimate of drug-likeness (QED) is 0.824. The largest absolute Gasteiger partial charge is 0.394 e. The third-order valence-corrected chi connectivity index (χ3v) is 4.14. The first-order valence-corrected chi connectivity index (χ1v) is 7.40. The van der Waals surface area contributed by atoms with Gasteiger partial charge in [-0.2, -0.15) is 0 Å². The summed E-state index contributed by atoms with van der Waals surface area (Å²) in [4.78, 5) is 0. The Labute approximate surface area is 119 Å².